The summed E-state index contributed by atoms with van der Waals surface area (Å²) in [5, 5.41) is 0. The van der Waals surface area contributed by atoms with Gasteiger partial charge in [-0.3, -0.25) is 4.90 Å². The van der Waals surface area contributed by atoms with Gasteiger partial charge in [0.1, 0.15) is 11.1 Å². The highest BCUT2D eigenvalue weighted by Crippen LogP contribution is 2.59. The van der Waals surface area contributed by atoms with Crippen molar-refractivity contribution in [3.63, 3.8) is 0 Å². The van der Waals surface area contributed by atoms with E-state index in [1.807, 2.05) is 20.8 Å². The van der Waals surface area contributed by atoms with E-state index in [1.54, 1.807) is 4.90 Å². The first kappa shape index (κ1) is 18.1. The number of nitrogens with zero attached hydrogens (tertiary/aromatic N) is 1. The van der Waals surface area contributed by atoms with Gasteiger partial charge in [0.15, 0.2) is 0 Å². The van der Waals surface area contributed by atoms with Gasteiger partial charge >= 0.3 is 12.1 Å². The second-order valence-electron chi connectivity index (χ2n) is 7.83. The maximum atomic E-state index is 12.7. The van der Waals surface area contributed by atoms with E-state index >= 15 is 0 Å². The molecule has 1 aliphatic carbocycles. The van der Waals surface area contributed by atoms with Crippen LogP contribution in [-0.4, -0.2) is 47.6 Å². The van der Waals surface area contributed by atoms with Crippen LogP contribution < -0.4 is 0 Å². The number of likely N-dealkylation sites (tertiary alicyclic amines) is 1. The first-order chi connectivity index (χ1) is 10.6. The number of halogens is 1. The molecule has 0 bridgehead atoms. The first-order valence-electron chi connectivity index (χ1n) is 7.89. The van der Waals surface area contributed by atoms with Crippen molar-refractivity contribution in [1.82, 2.24) is 4.90 Å². The van der Waals surface area contributed by atoms with Gasteiger partial charge in [-0.2, -0.15) is 0 Å². The number of hydrogen-bond acceptors (Lipinski definition) is 4. The fourth-order valence-electron chi connectivity index (χ4n) is 3.39. The second-order valence-corrected chi connectivity index (χ2v) is 8.09. The first-order valence-corrected chi connectivity index (χ1v) is 8.43. The summed E-state index contributed by atoms with van der Waals surface area (Å²) in [6.45, 7) is 9.87. The lowest BCUT2D eigenvalue weighted by atomic mass is 9.85. The largest absolute Gasteiger partial charge is 0.467 e. The SMILES string of the molecule is C=C(CCl)CC1(C(=O)OC)CC2(CC2)CN1C(=O)OC(C)(C)C. The third kappa shape index (κ3) is 3.65. The molecule has 2 rings (SSSR count). The van der Waals surface area contributed by atoms with Gasteiger partial charge in [0.05, 0.1) is 7.11 Å². The number of ether oxygens (including phenoxy) is 2. The molecule has 2 fully saturated rings. The van der Waals surface area contributed by atoms with Gasteiger partial charge in [-0.1, -0.05) is 12.2 Å². The Bertz CT molecular complexity index is 521. The van der Waals surface area contributed by atoms with Gasteiger partial charge in [-0.15, -0.1) is 11.6 Å². The van der Waals surface area contributed by atoms with E-state index in [2.05, 4.69) is 6.58 Å². The Morgan fingerprint density at radius 3 is 2.35 bits per heavy atom. The molecule has 0 N–H and O–H groups in total. The zero-order valence-corrected chi connectivity index (χ0v) is 15.2. The van der Waals surface area contributed by atoms with E-state index in [0.717, 1.165) is 12.8 Å². The molecular weight excluding hydrogens is 318 g/mol. The number of amides is 1. The van der Waals surface area contributed by atoms with Crippen LogP contribution in [0.5, 0.6) is 0 Å². The molecule has 6 heteroatoms. The predicted molar refractivity (Wildman–Crippen MR) is 88.4 cm³/mol. The molecule has 130 valence electrons. The third-order valence-electron chi connectivity index (χ3n) is 4.55. The summed E-state index contributed by atoms with van der Waals surface area (Å²) in [5.41, 5.74) is -0.956. The molecule has 1 aliphatic heterocycles. The van der Waals surface area contributed by atoms with Gasteiger partial charge in [0, 0.05) is 18.8 Å². The molecule has 1 atom stereocenters. The normalized spacial score (nSPS) is 25.3. The maximum absolute atomic E-state index is 12.7. The van der Waals surface area contributed by atoms with Crippen molar-refractivity contribution in [3.8, 4) is 0 Å². The molecule has 1 saturated heterocycles. The number of carbonyl (C=O) groups is 2. The molecule has 5 nitrogen and oxygen atoms in total. The molecule has 1 spiro atoms. The van der Waals surface area contributed by atoms with E-state index in [4.69, 9.17) is 21.1 Å². The number of hydrogen-bond donors (Lipinski definition) is 0. The Hall–Kier alpha value is -1.23. The van der Waals surface area contributed by atoms with E-state index in [0.29, 0.717) is 25.0 Å². The number of alkyl halides is 1. The van der Waals surface area contributed by atoms with Crippen molar-refractivity contribution in [2.75, 3.05) is 19.5 Å². The van der Waals surface area contributed by atoms with Crippen molar-refractivity contribution in [3.05, 3.63) is 12.2 Å². The quantitative estimate of drug-likeness (QED) is 0.445. The highest BCUT2D eigenvalue weighted by Gasteiger charge is 2.64. The van der Waals surface area contributed by atoms with Crippen molar-refractivity contribution >= 4 is 23.7 Å². The monoisotopic (exact) mass is 343 g/mol. The number of methoxy groups -OCH3 is 1. The lowest BCUT2D eigenvalue weighted by Gasteiger charge is -2.37. The minimum Gasteiger partial charge on any atom is -0.467 e. The molecule has 0 aromatic carbocycles. The molecule has 0 aromatic heterocycles. The summed E-state index contributed by atoms with van der Waals surface area (Å²) >= 11 is 5.87. The van der Waals surface area contributed by atoms with E-state index in [1.165, 1.54) is 7.11 Å². The number of rotatable bonds is 4. The Labute approximate surface area is 142 Å². The van der Waals surface area contributed by atoms with Gasteiger partial charge in [-0.05, 0) is 45.4 Å². The summed E-state index contributed by atoms with van der Waals surface area (Å²) in [4.78, 5) is 26.9. The van der Waals surface area contributed by atoms with Crippen LogP contribution in [0, 0.1) is 5.41 Å². The Morgan fingerprint density at radius 2 is 1.91 bits per heavy atom. The van der Waals surface area contributed by atoms with E-state index < -0.39 is 23.2 Å². The van der Waals surface area contributed by atoms with Crippen LogP contribution in [0.4, 0.5) is 4.79 Å². The topological polar surface area (TPSA) is 55.8 Å². The molecule has 1 heterocycles. The minimum atomic E-state index is -1.06. The summed E-state index contributed by atoms with van der Waals surface area (Å²) in [5.74, 6) is -0.174. The summed E-state index contributed by atoms with van der Waals surface area (Å²) in [6, 6.07) is 0. The van der Waals surface area contributed by atoms with Crippen LogP contribution in [-0.2, 0) is 14.3 Å². The Kier molecular flexibility index (Phi) is 4.73. The van der Waals surface area contributed by atoms with Crippen molar-refractivity contribution in [2.24, 2.45) is 5.41 Å². The molecular formula is C17H26ClNO4. The molecule has 0 radical (unpaired) electrons. The van der Waals surface area contributed by atoms with Crippen LogP contribution in [0.25, 0.3) is 0 Å². The second kappa shape index (κ2) is 6.00. The van der Waals surface area contributed by atoms with Crippen LogP contribution in [0.15, 0.2) is 12.2 Å². The zero-order valence-electron chi connectivity index (χ0n) is 14.4. The van der Waals surface area contributed by atoms with Crippen molar-refractivity contribution in [1.29, 1.82) is 0 Å². The molecule has 1 unspecified atom stereocenters. The van der Waals surface area contributed by atoms with Crippen molar-refractivity contribution < 1.29 is 19.1 Å². The Morgan fingerprint density at radius 1 is 1.30 bits per heavy atom. The predicted octanol–water partition coefficient (Wildman–Crippen LogP) is 3.50. The molecule has 0 aromatic rings. The minimum absolute atomic E-state index is 0.0116. The van der Waals surface area contributed by atoms with Gasteiger partial charge in [0.25, 0.3) is 0 Å². The van der Waals surface area contributed by atoms with Gasteiger partial charge in [-0.25, -0.2) is 9.59 Å². The number of esters is 1. The smallest absolute Gasteiger partial charge is 0.411 e. The summed E-state index contributed by atoms with van der Waals surface area (Å²) < 4.78 is 10.6. The van der Waals surface area contributed by atoms with E-state index in [-0.39, 0.29) is 11.3 Å². The fourth-order valence-corrected chi connectivity index (χ4v) is 3.48. The third-order valence-corrected chi connectivity index (χ3v) is 4.92. The Balaban J connectivity index is 2.36. The average molecular weight is 344 g/mol. The molecule has 2 aliphatic rings. The van der Waals surface area contributed by atoms with Crippen LogP contribution in [0.3, 0.4) is 0 Å². The zero-order chi connectivity index (χ0) is 17.5. The average Bonchev–Trinajstić information content (AvgIpc) is 3.11. The molecule has 1 amide bonds. The van der Waals surface area contributed by atoms with Crippen LogP contribution in [0.2, 0.25) is 0 Å². The number of carbonyl (C=O) groups excluding carboxylic acids is 2. The fraction of sp³-hybridized carbons (Fsp3) is 0.765. The lowest BCUT2D eigenvalue weighted by molar-refractivity contribution is -0.153. The highest BCUT2D eigenvalue weighted by atomic mass is 35.5. The summed E-state index contributed by atoms with van der Waals surface area (Å²) in [6.07, 6.45) is 2.44. The maximum Gasteiger partial charge on any atom is 0.411 e. The van der Waals surface area contributed by atoms with Gasteiger partial charge < -0.3 is 9.47 Å². The van der Waals surface area contributed by atoms with Crippen molar-refractivity contribution in [2.45, 2.75) is 57.6 Å². The van der Waals surface area contributed by atoms with E-state index in [9.17, 15) is 9.59 Å². The molecule has 23 heavy (non-hydrogen) atoms. The standard InChI is InChI=1S/C17H26ClNO4/c1-12(9-18)8-17(13(20)22-5)10-16(6-7-16)11-19(17)14(21)23-15(2,3)4/h1,6-11H2,2-5H3. The van der Waals surface area contributed by atoms with Gasteiger partial charge in [0.2, 0.25) is 0 Å². The van der Waals surface area contributed by atoms with Crippen LogP contribution >= 0.6 is 11.6 Å². The lowest BCUT2D eigenvalue weighted by Crippen LogP contribution is -2.55. The van der Waals surface area contributed by atoms with Crippen LogP contribution in [0.1, 0.15) is 46.5 Å². The highest BCUT2D eigenvalue weighted by molar-refractivity contribution is 6.19. The summed E-state index contributed by atoms with van der Waals surface area (Å²) in [7, 11) is 1.35. The molecule has 1 saturated carbocycles.